The molecule has 0 aliphatic carbocycles. The van der Waals surface area contributed by atoms with Crippen LogP contribution < -0.4 is 25.4 Å². The van der Waals surface area contributed by atoms with Gasteiger partial charge in [0.2, 0.25) is 5.91 Å². The number of hydrogen-bond acceptors (Lipinski definition) is 9. The van der Waals surface area contributed by atoms with Gasteiger partial charge in [0.1, 0.15) is 23.1 Å². The number of nitrogens with zero attached hydrogens (tertiary/aromatic N) is 3. The maximum absolute atomic E-state index is 14.4. The molecule has 0 unspecified atom stereocenters. The van der Waals surface area contributed by atoms with E-state index in [4.69, 9.17) is 47.4 Å². The minimum absolute atomic E-state index is 0.172. The molecular formula is C44H50Cl2N6O5. The Morgan fingerprint density at radius 1 is 0.684 bits per heavy atom. The van der Waals surface area contributed by atoms with Gasteiger partial charge in [0, 0.05) is 57.8 Å². The number of fused-ring (bicyclic) bond motifs is 4. The van der Waals surface area contributed by atoms with Crippen molar-refractivity contribution in [2.24, 2.45) is 5.92 Å². The molecule has 1 atom stereocenters. The number of ether oxygens (including phenoxy) is 3. The van der Waals surface area contributed by atoms with Crippen molar-refractivity contribution < 1.29 is 23.8 Å². The fourth-order valence-corrected chi connectivity index (χ4v) is 7.20. The van der Waals surface area contributed by atoms with E-state index in [1.54, 1.807) is 35.0 Å². The molecule has 6 rings (SSSR count). The summed E-state index contributed by atoms with van der Waals surface area (Å²) in [5.41, 5.74) is 4.28. The van der Waals surface area contributed by atoms with E-state index in [1.165, 1.54) is 0 Å². The number of rotatable bonds is 15. The summed E-state index contributed by atoms with van der Waals surface area (Å²) in [4.78, 5) is 38.8. The maximum atomic E-state index is 14.4. The van der Waals surface area contributed by atoms with Crippen molar-refractivity contribution in [1.29, 1.82) is 0 Å². The van der Waals surface area contributed by atoms with Crippen LogP contribution in [0.1, 0.15) is 47.5 Å². The number of carbonyl (C=O) groups excluding carboxylic acids is 2. The summed E-state index contributed by atoms with van der Waals surface area (Å²) in [7, 11) is 3.28. The minimum atomic E-state index is -0.781. The largest absolute Gasteiger partial charge is 0.497 e. The molecule has 2 aromatic heterocycles. The highest BCUT2D eigenvalue weighted by atomic mass is 35.5. The van der Waals surface area contributed by atoms with E-state index in [9.17, 15) is 9.59 Å². The van der Waals surface area contributed by atoms with Gasteiger partial charge < -0.3 is 35.1 Å². The lowest BCUT2D eigenvalue weighted by Gasteiger charge is -2.31. The van der Waals surface area contributed by atoms with Gasteiger partial charge in [0.15, 0.2) is 0 Å². The summed E-state index contributed by atoms with van der Waals surface area (Å²) in [6.07, 6.45) is 0.621. The predicted octanol–water partition coefficient (Wildman–Crippen LogP) is 10.1. The number of alkyl carbamates (subject to hydrolysis) is 1. The van der Waals surface area contributed by atoms with Gasteiger partial charge >= 0.3 is 6.09 Å². The monoisotopic (exact) mass is 812 g/mol. The molecule has 0 spiro atoms. The van der Waals surface area contributed by atoms with E-state index in [1.807, 2.05) is 91.5 Å². The molecule has 6 aromatic rings. The molecular weight excluding hydrogens is 763 g/mol. The van der Waals surface area contributed by atoms with Crippen LogP contribution in [0.3, 0.4) is 0 Å². The first-order valence-electron chi connectivity index (χ1n) is 19.1. The molecule has 0 radical (unpaired) electrons. The van der Waals surface area contributed by atoms with E-state index in [-0.39, 0.29) is 11.8 Å². The number of methoxy groups -OCH3 is 2. The first-order valence-corrected chi connectivity index (χ1v) is 19.9. The average molecular weight is 814 g/mol. The van der Waals surface area contributed by atoms with Crippen LogP contribution >= 0.6 is 23.2 Å². The van der Waals surface area contributed by atoms with E-state index in [0.717, 1.165) is 66.5 Å². The molecule has 13 heteroatoms. The average Bonchev–Trinajstić information content (AvgIpc) is 3.16. The normalized spacial score (nSPS) is 12.2. The van der Waals surface area contributed by atoms with Crippen molar-refractivity contribution in [1.82, 2.24) is 20.2 Å². The van der Waals surface area contributed by atoms with Crippen LogP contribution in [0.2, 0.25) is 10.0 Å². The lowest BCUT2D eigenvalue weighted by Crippen LogP contribution is -2.52. The third-order valence-electron chi connectivity index (χ3n) is 9.62. The third-order valence-corrected chi connectivity index (χ3v) is 10.1. The van der Waals surface area contributed by atoms with Crippen molar-refractivity contribution >= 4 is 90.2 Å². The summed E-state index contributed by atoms with van der Waals surface area (Å²) in [6.45, 7) is 11.2. The van der Waals surface area contributed by atoms with Gasteiger partial charge in [-0.2, -0.15) is 0 Å². The first kappa shape index (κ1) is 41.4. The zero-order valence-electron chi connectivity index (χ0n) is 33.5. The zero-order chi connectivity index (χ0) is 40.9. The Morgan fingerprint density at radius 2 is 1.16 bits per heavy atom. The molecule has 4 aromatic carbocycles. The van der Waals surface area contributed by atoms with E-state index in [0.29, 0.717) is 49.1 Å². The van der Waals surface area contributed by atoms with E-state index < -0.39 is 17.7 Å². The van der Waals surface area contributed by atoms with Crippen LogP contribution in [-0.2, 0) is 9.53 Å². The minimum Gasteiger partial charge on any atom is -0.497 e. The number of hydrogen-bond donors (Lipinski definition) is 3. The van der Waals surface area contributed by atoms with Gasteiger partial charge in [-0.25, -0.2) is 14.8 Å². The lowest BCUT2D eigenvalue weighted by atomic mass is 10.0. The van der Waals surface area contributed by atoms with Crippen LogP contribution in [-0.4, -0.2) is 78.9 Å². The SMILES string of the molecule is COc1ccc2nc3cc(Cl)ccc3c(NCCCN(CCCNc3c4ccc(Cl)cc4nc4ccc(OC)cc34)C(=O)[C@@H](NC(=O)OC(C)(C)C)C(C)C)c2c1. The summed E-state index contributed by atoms with van der Waals surface area (Å²) in [5, 5.41) is 15.0. The Morgan fingerprint density at radius 3 is 1.58 bits per heavy atom. The van der Waals surface area contributed by atoms with Crippen LogP contribution in [0.15, 0.2) is 72.8 Å². The summed E-state index contributed by atoms with van der Waals surface area (Å²) < 4.78 is 16.6. The highest BCUT2D eigenvalue weighted by molar-refractivity contribution is 6.32. The number of nitrogens with one attached hydrogen (secondary N) is 3. The number of aromatic nitrogens is 2. The third kappa shape index (κ3) is 10.0. The van der Waals surface area contributed by atoms with Gasteiger partial charge in [0.25, 0.3) is 0 Å². The van der Waals surface area contributed by atoms with Gasteiger partial charge in [-0.3, -0.25) is 4.79 Å². The van der Waals surface area contributed by atoms with Crippen molar-refractivity contribution in [2.45, 2.75) is 59.1 Å². The number of anilines is 2. The van der Waals surface area contributed by atoms with Gasteiger partial charge in [0.05, 0.1) is 47.7 Å². The van der Waals surface area contributed by atoms with Crippen LogP contribution in [0.25, 0.3) is 43.6 Å². The molecule has 0 bridgehead atoms. The van der Waals surface area contributed by atoms with Gasteiger partial charge in [-0.05, 0) is 112 Å². The molecule has 0 saturated carbocycles. The second kappa shape index (κ2) is 17.9. The van der Waals surface area contributed by atoms with Crippen LogP contribution in [0.5, 0.6) is 11.5 Å². The number of carbonyl (C=O) groups is 2. The second-order valence-electron chi connectivity index (χ2n) is 15.3. The number of halogens is 2. The fourth-order valence-electron chi connectivity index (χ4n) is 6.87. The van der Waals surface area contributed by atoms with E-state index in [2.05, 4.69) is 16.0 Å². The molecule has 11 nitrogen and oxygen atoms in total. The molecule has 0 fully saturated rings. The Bertz CT molecular complexity index is 2280. The van der Waals surface area contributed by atoms with Gasteiger partial charge in [-0.15, -0.1) is 0 Å². The van der Waals surface area contributed by atoms with Crippen LogP contribution in [0.4, 0.5) is 16.2 Å². The molecule has 300 valence electrons. The fraction of sp³-hybridized carbons (Fsp3) is 0.364. The standard InChI is InChI=1S/C44H50Cl2N6O5/c1-26(2)39(51-43(54)57-44(3,4)5)42(53)52(20-8-18-47-40-31-14-10-27(45)22-37(31)49-35-16-12-29(55-6)24-33(35)40)21-9-19-48-41-32-15-11-28(46)23-38(32)50-36-17-13-30(56-7)25-34(36)41/h10-17,22-26,39H,8-9,18-21H2,1-7H3,(H,47,49)(H,48,50)(H,51,54)/t39-/m0/s1. The van der Waals surface area contributed by atoms with Crippen LogP contribution in [0, 0.1) is 5.92 Å². The summed E-state index contributed by atoms with van der Waals surface area (Å²) in [5.74, 6) is 1.09. The Hall–Kier alpha value is -5.26. The van der Waals surface area contributed by atoms with Crippen molar-refractivity contribution in [3.05, 3.63) is 82.8 Å². The van der Waals surface area contributed by atoms with Crippen molar-refractivity contribution in [2.75, 3.05) is 51.0 Å². The maximum Gasteiger partial charge on any atom is 0.408 e. The highest BCUT2D eigenvalue weighted by Crippen LogP contribution is 2.36. The number of amides is 2. The zero-order valence-corrected chi connectivity index (χ0v) is 35.0. The number of pyridine rings is 2. The molecule has 57 heavy (non-hydrogen) atoms. The molecule has 0 aliphatic heterocycles. The summed E-state index contributed by atoms with van der Waals surface area (Å²) >= 11 is 12.7. The molecule has 2 amide bonds. The molecule has 0 aliphatic rings. The highest BCUT2D eigenvalue weighted by Gasteiger charge is 2.30. The van der Waals surface area contributed by atoms with Crippen molar-refractivity contribution in [3.8, 4) is 11.5 Å². The molecule has 0 saturated heterocycles. The molecule has 2 heterocycles. The Kier molecular flexibility index (Phi) is 13.0. The summed E-state index contributed by atoms with van der Waals surface area (Å²) in [6, 6.07) is 22.1. The smallest absolute Gasteiger partial charge is 0.408 e. The lowest BCUT2D eigenvalue weighted by molar-refractivity contribution is -0.134. The number of benzene rings is 4. The second-order valence-corrected chi connectivity index (χ2v) is 16.2. The van der Waals surface area contributed by atoms with Crippen molar-refractivity contribution in [3.63, 3.8) is 0 Å². The Labute approximate surface area is 343 Å². The Balaban J connectivity index is 1.23. The van der Waals surface area contributed by atoms with Gasteiger partial charge in [-0.1, -0.05) is 37.0 Å². The first-order chi connectivity index (χ1) is 27.2. The predicted molar refractivity (Wildman–Crippen MR) is 232 cm³/mol. The molecule has 3 N–H and O–H groups in total. The topological polar surface area (TPSA) is 127 Å². The quantitative estimate of drug-likeness (QED) is 0.0686. The van der Waals surface area contributed by atoms with E-state index >= 15 is 0 Å².